The molecule has 0 radical (unpaired) electrons. The van der Waals surface area contributed by atoms with Gasteiger partial charge in [0.25, 0.3) is 0 Å². The van der Waals surface area contributed by atoms with E-state index in [0.717, 1.165) is 5.56 Å². The molecule has 2 aliphatic rings. The minimum atomic E-state index is -0.299. The van der Waals surface area contributed by atoms with Gasteiger partial charge in [-0.1, -0.05) is 18.2 Å². The summed E-state index contributed by atoms with van der Waals surface area (Å²) in [6, 6.07) is 7.33. The minimum Gasteiger partial charge on any atom is -0.496 e. The fraction of sp³-hybridized carbons (Fsp3) is 0.429. The molecule has 3 rings (SSSR count). The molecule has 0 spiro atoms. The number of hydrogen-bond donors (Lipinski definition) is 1. The first-order valence-electron chi connectivity index (χ1n) is 6.27. The zero-order valence-electron chi connectivity index (χ0n) is 10.6. The second-order valence-electron chi connectivity index (χ2n) is 4.97. The highest BCUT2D eigenvalue weighted by Crippen LogP contribution is 2.53. The number of benzene rings is 1. The molecule has 0 aromatic heterocycles. The fourth-order valence-corrected chi connectivity index (χ4v) is 2.90. The van der Waals surface area contributed by atoms with E-state index in [9.17, 15) is 9.59 Å². The molecule has 5 nitrogen and oxygen atoms in total. The molecule has 2 atom stereocenters. The van der Waals surface area contributed by atoms with E-state index < -0.39 is 0 Å². The van der Waals surface area contributed by atoms with E-state index in [-0.39, 0.29) is 42.7 Å². The number of amides is 2. The molecule has 2 unspecified atom stereocenters. The Morgan fingerprint density at radius 1 is 1.21 bits per heavy atom. The van der Waals surface area contributed by atoms with E-state index in [2.05, 4.69) is 0 Å². The Kier molecular flexibility index (Phi) is 2.78. The van der Waals surface area contributed by atoms with Crippen molar-refractivity contribution in [1.82, 2.24) is 4.90 Å². The average molecular weight is 261 g/mol. The third kappa shape index (κ3) is 1.73. The van der Waals surface area contributed by atoms with Gasteiger partial charge in [0.15, 0.2) is 0 Å². The third-order valence-corrected chi connectivity index (χ3v) is 4.00. The molecule has 5 heteroatoms. The Morgan fingerprint density at radius 3 is 2.42 bits per heavy atom. The number of methoxy groups -OCH3 is 1. The van der Waals surface area contributed by atoms with Crippen molar-refractivity contribution in [3.05, 3.63) is 29.8 Å². The maximum atomic E-state index is 12.1. The van der Waals surface area contributed by atoms with Crippen LogP contribution in [0.3, 0.4) is 0 Å². The van der Waals surface area contributed by atoms with Crippen molar-refractivity contribution >= 4 is 11.8 Å². The molecule has 100 valence electrons. The summed E-state index contributed by atoms with van der Waals surface area (Å²) in [6.07, 6.45) is 0. The number of nitrogens with zero attached hydrogens (tertiary/aromatic N) is 1. The largest absolute Gasteiger partial charge is 0.496 e. The standard InChI is InChI=1S/C14H15NO4/c1-19-10-5-3-2-4-8(10)6-15-13(17)11-9(7-16)12(11)14(15)18/h2-5,9,11-12,16H,6-7H2,1H3. The maximum Gasteiger partial charge on any atom is 0.233 e. The Hall–Kier alpha value is -1.88. The van der Waals surface area contributed by atoms with Gasteiger partial charge < -0.3 is 9.84 Å². The molecule has 0 bridgehead atoms. The topological polar surface area (TPSA) is 66.8 Å². The van der Waals surface area contributed by atoms with E-state index in [1.54, 1.807) is 13.2 Å². The zero-order chi connectivity index (χ0) is 13.6. The molecule has 2 fully saturated rings. The van der Waals surface area contributed by atoms with Gasteiger partial charge in [-0.15, -0.1) is 0 Å². The molecule has 1 aromatic rings. The van der Waals surface area contributed by atoms with Crippen LogP contribution in [0.25, 0.3) is 0 Å². The van der Waals surface area contributed by atoms with Gasteiger partial charge in [0, 0.05) is 18.1 Å². The van der Waals surface area contributed by atoms with Crippen LogP contribution in [0.1, 0.15) is 5.56 Å². The number of fused-ring (bicyclic) bond motifs is 1. The zero-order valence-corrected chi connectivity index (χ0v) is 10.6. The number of carbonyl (C=O) groups excluding carboxylic acids is 2. The molecule has 1 saturated heterocycles. The number of aliphatic hydroxyl groups is 1. The Labute approximate surface area is 110 Å². The number of hydrogen-bond acceptors (Lipinski definition) is 4. The van der Waals surface area contributed by atoms with Crippen LogP contribution >= 0.6 is 0 Å². The van der Waals surface area contributed by atoms with Gasteiger partial charge in [-0.25, -0.2) is 0 Å². The van der Waals surface area contributed by atoms with E-state index in [4.69, 9.17) is 9.84 Å². The summed E-state index contributed by atoms with van der Waals surface area (Å²) in [5, 5.41) is 9.06. The maximum absolute atomic E-state index is 12.1. The number of para-hydroxylation sites is 1. The molecule has 1 N–H and O–H groups in total. The Bertz CT molecular complexity index is 520. The monoisotopic (exact) mass is 261 g/mol. The number of rotatable bonds is 4. The van der Waals surface area contributed by atoms with E-state index >= 15 is 0 Å². The number of ether oxygens (including phenoxy) is 1. The van der Waals surface area contributed by atoms with Crippen molar-refractivity contribution in [3.63, 3.8) is 0 Å². The van der Waals surface area contributed by atoms with Gasteiger partial charge in [0.1, 0.15) is 5.75 Å². The number of aliphatic hydroxyl groups excluding tert-OH is 1. The first-order valence-corrected chi connectivity index (χ1v) is 6.27. The second kappa shape index (κ2) is 4.35. The smallest absolute Gasteiger partial charge is 0.233 e. The van der Waals surface area contributed by atoms with Crippen LogP contribution in [0.2, 0.25) is 0 Å². The minimum absolute atomic E-state index is 0.0880. The van der Waals surface area contributed by atoms with Crippen LogP contribution in [0.5, 0.6) is 5.75 Å². The van der Waals surface area contributed by atoms with Crippen molar-refractivity contribution in [2.24, 2.45) is 17.8 Å². The summed E-state index contributed by atoms with van der Waals surface area (Å²) in [5.41, 5.74) is 0.813. The highest BCUT2D eigenvalue weighted by atomic mass is 16.5. The quantitative estimate of drug-likeness (QED) is 0.798. The van der Waals surface area contributed by atoms with Crippen LogP contribution in [0.15, 0.2) is 24.3 Å². The predicted molar refractivity (Wildman–Crippen MR) is 66.1 cm³/mol. The van der Waals surface area contributed by atoms with Crippen LogP contribution in [0.4, 0.5) is 0 Å². The van der Waals surface area contributed by atoms with Gasteiger partial charge >= 0.3 is 0 Å². The molecule has 1 saturated carbocycles. The summed E-state index contributed by atoms with van der Waals surface area (Å²) in [5.74, 6) is -0.421. The van der Waals surface area contributed by atoms with E-state index in [0.29, 0.717) is 5.75 Å². The van der Waals surface area contributed by atoms with Gasteiger partial charge in [0.2, 0.25) is 11.8 Å². The number of piperidine rings is 1. The summed E-state index contributed by atoms with van der Waals surface area (Å²) in [4.78, 5) is 25.4. The van der Waals surface area contributed by atoms with Gasteiger partial charge in [0.05, 0.1) is 25.5 Å². The first kappa shape index (κ1) is 12.2. The first-order chi connectivity index (χ1) is 9.19. The van der Waals surface area contributed by atoms with Crippen molar-refractivity contribution < 1.29 is 19.4 Å². The molecular formula is C14H15NO4. The molecule has 1 heterocycles. The van der Waals surface area contributed by atoms with Crippen molar-refractivity contribution in [3.8, 4) is 5.75 Å². The summed E-state index contributed by atoms with van der Waals surface area (Å²) >= 11 is 0. The summed E-state index contributed by atoms with van der Waals surface area (Å²) in [6.45, 7) is 0.155. The van der Waals surface area contributed by atoms with Gasteiger partial charge in [-0.2, -0.15) is 0 Å². The summed E-state index contributed by atoms with van der Waals surface area (Å²) in [7, 11) is 1.56. The second-order valence-corrected chi connectivity index (χ2v) is 4.97. The summed E-state index contributed by atoms with van der Waals surface area (Å²) < 4.78 is 5.22. The van der Waals surface area contributed by atoms with Crippen molar-refractivity contribution in [2.45, 2.75) is 6.54 Å². The number of carbonyl (C=O) groups is 2. The molecule has 1 aliphatic heterocycles. The number of likely N-dealkylation sites (tertiary alicyclic amines) is 1. The Morgan fingerprint density at radius 2 is 1.84 bits per heavy atom. The highest BCUT2D eigenvalue weighted by molar-refractivity contribution is 6.09. The predicted octanol–water partition coefficient (Wildman–Crippen LogP) is 0.418. The van der Waals surface area contributed by atoms with Crippen LogP contribution in [0, 0.1) is 17.8 Å². The molecule has 19 heavy (non-hydrogen) atoms. The molecule has 1 aliphatic carbocycles. The van der Waals surface area contributed by atoms with Crippen LogP contribution in [-0.4, -0.2) is 35.5 Å². The fourth-order valence-electron chi connectivity index (χ4n) is 2.90. The average Bonchev–Trinajstić information content (AvgIpc) is 3.12. The lowest BCUT2D eigenvalue weighted by Gasteiger charge is -2.19. The van der Waals surface area contributed by atoms with E-state index in [1.807, 2.05) is 18.2 Å². The van der Waals surface area contributed by atoms with Crippen molar-refractivity contribution in [2.75, 3.05) is 13.7 Å². The lowest BCUT2D eigenvalue weighted by atomic mass is 10.1. The van der Waals surface area contributed by atoms with Crippen LogP contribution in [-0.2, 0) is 16.1 Å². The van der Waals surface area contributed by atoms with Crippen LogP contribution < -0.4 is 4.74 Å². The lowest BCUT2D eigenvalue weighted by molar-refractivity contribution is -0.143. The SMILES string of the molecule is COc1ccccc1CN1C(=O)C2C(CO)C2C1=O. The van der Waals surface area contributed by atoms with Crippen molar-refractivity contribution in [1.29, 1.82) is 0 Å². The Balaban J connectivity index is 1.79. The lowest BCUT2D eigenvalue weighted by Crippen LogP contribution is -2.34. The highest BCUT2D eigenvalue weighted by Gasteiger charge is 2.66. The molecule has 2 amide bonds. The van der Waals surface area contributed by atoms with Gasteiger partial charge in [-0.3, -0.25) is 14.5 Å². The normalized spacial score (nSPS) is 28.5. The molecular weight excluding hydrogens is 246 g/mol. The van der Waals surface area contributed by atoms with Gasteiger partial charge in [-0.05, 0) is 6.07 Å². The van der Waals surface area contributed by atoms with E-state index in [1.165, 1.54) is 4.90 Å². The number of imide groups is 1. The third-order valence-electron chi connectivity index (χ3n) is 4.00. The molecule has 1 aromatic carbocycles.